The molecule has 0 saturated heterocycles. The van der Waals surface area contributed by atoms with E-state index in [1.807, 2.05) is 31.1 Å². The van der Waals surface area contributed by atoms with Gasteiger partial charge < -0.3 is 14.5 Å². The van der Waals surface area contributed by atoms with E-state index in [1.165, 1.54) is 6.07 Å². The lowest BCUT2D eigenvalue weighted by Gasteiger charge is -2.22. The van der Waals surface area contributed by atoms with Crippen LogP contribution in [0.1, 0.15) is 28.8 Å². The Morgan fingerprint density at radius 2 is 1.74 bits per heavy atom. The molecule has 1 aliphatic rings. The van der Waals surface area contributed by atoms with Gasteiger partial charge in [0.2, 0.25) is 0 Å². The Balaban J connectivity index is 1.59. The summed E-state index contributed by atoms with van der Waals surface area (Å²) in [4.78, 5) is 28.2. The van der Waals surface area contributed by atoms with E-state index in [1.54, 1.807) is 35.2 Å². The number of rotatable bonds is 7. The largest absolute Gasteiger partial charge is 0.452 e. The molecule has 27 heavy (non-hydrogen) atoms. The number of esters is 1. The highest BCUT2D eigenvalue weighted by Gasteiger charge is 2.33. The summed E-state index contributed by atoms with van der Waals surface area (Å²) >= 11 is 0. The highest BCUT2D eigenvalue weighted by Crippen LogP contribution is 2.29. The third kappa shape index (κ3) is 4.84. The summed E-state index contributed by atoms with van der Waals surface area (Å²) in [5, 5.41) is 0. The number of ether oxygens (including phenoxy) is 1. The lowest BCUT2D eigenvalue weighted by molar-refractivity contribution is -0.135. The first-order valence-corrected chi connectivity index (χ1v) is 8.93. The summed E-state index contributed by atoms with van der Waals surface area (Å²) in [6.07, 6.45) is 1.78. The van der Waals surface area contributed by atoms with Gasteiger partial charge in [-0.3, -0.25) is 4.79 Å². The number of halogens is 1. The maximum atomic E-state index is 13.9. The molecule has 0 heterocycles. The number of amides is 1. The van der Waals surface area contributed by atoms with Gasteiger partial charge in [0.25, 0.3) is 5.91 Å². The van der Waals surface area contributed by atoms with Gasteiger partial charge in [0.15, 0.2) is 6.61 Å². The standard InChI is InChI=1S/C21H23FN2O3/c1-23(2)17-9-7-15(8-10-17)21(26)27-14-20(25)24(18-11-12-18)13-16-5-3-4-6-19(16)22/h3-10,18H,11-14H2,1-2H3. The number of carbonyl (C=O) groups is 2. The molecule has 1 aliphatic carbocycles. The monoisotopic (exact) mass is 370 g/mol. The topological polar surface area (TPSA) is 49.9 Å². The molecule has 0 aliphatic heterocycles. The highest BCUT2D eigenvalue weighted by molar-refractivity contribution is 5.91. The van der Waals surface area contributed by atoms with Crippen molar-refractivity contribution in [1.82, 2.24) is 4.90 Å². The quantitative estimate of drug-likeness (QED) is 0.702. The lowest BCUT2D eigenvalue weighted by Crippen LogP contribution is -2.36. The molecule has 0 unspecified atom stereocenters. The van der Waals surface area contributed by atoms with E-state index < -0.39 is 5.97 Å². The first-order chi connectivity index (χ1) is 13.0. The van der Waals surface area contributed by atoms with Gasteiger partial charge in [-0.05, 0) is 43.2 Å². The lowest BCUT2D eigenvalue weighted by atomic mass is 10.2. The zero-order valence-electron chi connectivity index (χ0n) is 15.5. The van der Waals surface area contributed by atoms with Crippen LogP contribution in [-0.2, 0) is 16.1 Å². The Bertz CT molecular complexity index is 816. The molecular weight excluding hydrogens is 347 g/mol. The third-order valence-corrected chi connectivity index (χ3v) is 4.55. The molecule has 142 valence electrons. The molecule has 0 atom stereocenters. The molecule has 1 amide bonds. The van der Waals surface area contributed by atoms with Crippen molar-refractivity contribution >= 4 is 17.6 Å². The van der Waals surface area contributed by atoms with Crippen molar-refractivity contribution in [3.8, 4) is 0 Å². The summed E-state index contributed by atoms with van der Waals surface area (Å²) in [6, 6.07) is 13.4. The van der Waals surface area contributed by atoms with Crippen LogP contribution in [0, 0.1) is 5.82 Å². The summed E-state index contributed by atoms with van der Waals surface area (Å²) in [5.41, 5.74) is 1.82. The van der Waals surface area contributed by atoms with E-state index in [-0.39, 0.29) is 30.9 Å². The Kier molecular flexibility index (Phi) is 5.74. The van der Waals surface area contributed by atoms with Gasteiger partial charge in [-0.25, -0.2) is 9.18 Å². The van der Waals surface area contributed by atoms with Crippen molar-refractivity contribution in [2.24, 2.45) is 0 Å². The summed E-state index contributed by atoms with van der Waals surface area (Å²) in [7, 11) is 3.82. The second-order valence-electron chi connectivity index (χ2n) is 6.86. The van der Waals surface area contributed by atoms with Crippen molar-refractivity contribution in [2.45, 2.75) is 25.4 Å². The predicted octanol–water partition coefficient (Wildman–Crippen LogP) is 3.24. The minimum absolute atomic E-state index is 0.0928. The summed E-state index contributed by atoms with van der Waals surface area (Å²) in [6.45, 7) is -0.162. The minimum atomic E-state index is -0.546. The molecule has 3 rings (SSSR count). The fourth-order valence-electron chi connectivity index (χ4n) is 2.81. The molecule has 1 saturated carbocycles. The highest BCUT2D eigenvalue weighted by atomic mass is 19.1. The predicted molar refractivity (Wildman–Crippen MR) is 101 cm³/mol. The Morgan fingerprint density at radius 3 is 2.33 bits per heavy atom. The van der Waals surface area contributed by atoms with Crippen molar-refractivity contribution in [1.29, 1.82) is 0 Å². The van der Waals surface area contributed by atoms with Gasteiger partial charge in [0.05, 0.1) is 5.56 Å². The first-order valence-electron chi connectivity index (χ1n) is 8.93. The number of carbonyl (C=O) groups excluding carboxylic acids is 2. The van der Waals surface area contributed by atoms with Crippen LogP contribution in [-0.4, -0.2) is 43.5 Å². The maximum absolute atomic E-state index is 13.9. The average molecular weight is 370 g/mol. The molecule has 0 aromatic heterocycles. The molecule has 0 bridgehead atoms. The average Bonchev–Trinajstić information content (AvgIpc) is 3.50. The molecule has 0 N–H and O–H groups in total. The van der Waals surface area contributed by atoms with Crippen LogP contribution in [0.5, 0.6) is 0 Å². The van der Waals surface area contributed by atoms with Gasteiger partial charge >= 0.3 is 5.97 Å². The van der Waals surface area contributed by atoms with Gasteiger partial charge in [-0.1, -0.05) is 18.2 Å². The maximum Gasteiger partial charge on any atom is 0.338 e. The molecule has 1 fully saturated rings. The fraction of sp³-hybridized carbons (Fsp3) is 0.333. The molecule has 0 spiro atoms. The molecule has 5 nitrogen and oxygen atoms in total. The Hall–Kier alpha value is -2.89. The smallest absolute Gasteiger partial charge is 0.338 e. The van der Waals surface area contributed by atoms with Crippen LogP contribution >= 0.6 is 0 Å². The second kappa shape index (κ2) is 8.20. The first kappa shape index (κ1) is 18.9. The van der Waals surface area contributed by atoms with Crippen LogP contribution < -0.4 is 4.90 Å². The zero-order valence-corrected chi connectivity index (χ0v) is 15.5. The van der Waals surface area contributed by atoms with Gasteiger partial charge in [0.1, 0.15) is 5.82 Å². The molecule has 2 aromatic rings. The van der Waals surface area contributed by atoms with Gasteiger partial charge in [-0.2, -0.15) is 0 Å². The SMILES string of the molecule is CN(C)c1ccc(C(=O)OCC(=O)N(Cc2ccccc2F)C2CC2)cc1. The van der Waals surface area contributed by atoms with Crippen LogP contribution in [0.4, 0.5) is 10.1 Å². The Morgan fingerprint density at radius 1 is 1.07 bits per heavy atom. The third-order valence-electron chi connectivity index (χ3n) is 4.55. The van der Waals surface area contributed by atoms with E-state index in [2.05, 4.69) is 0 Å². The zero-order chi connectivity index (χ0) is 19.4. The molecule has 6 heteroatoms. The molecular formula is C21H23FN2O3. The van der Waals surface area contributed by atoms with E-state index >= 15 is 0 Å². The van der Waals surface area contributed by atoms with E-state index in [0.29, 0.717) is 11.1 Å². The van der Waals surface area contributed by atoms with Gasteiger partial charge in [0, 0.05) is 37.9 Å². The van der Waals surface area contributed by atoms with Crippen LogP contribution in [0.25, 0.3) is 0 Å². The number of benzene rings is 2. The normalized spacial score (nSPS) is 13.1. The minimum Gasteiger partial charge on any atom is -0.452 e. The second-order valence-corrected chi connectivity index (χ2v) is 6.86. The summed E-state index contributed by atoms with van der Waals surface area (Å²) in [5.74, 6) is -1.19. The number of anilines is 1. The van der Waals surface area contributed by atoms with Crippen LogP contribution in [0.3, 0.4) is 0 Å². The Labute approximate surface area is 158 Å². The van der Waals surface area contributed by atoms with E-state index in [9.17, 15) is 14.0 Å². The van der Waals surface area contributed by atoms with E-state index in [0.717, 1.165) is 18.5 Å². The summed E-state index contributed by atoms with van der Waals surface area (Å²) < 4.78 is 19.1. The van der Waals surface area contributed by atoms with Crippen molar-refractivity contribution in [2.75, 3.05) is 25.6 Å². The number of hydrogen-bond donors (Lipinski definition) is 0. The molecule has 0 radical (unpaired) electrons. The van der Waals surface area contributed by atoms with Crippen LogP contribution in [0.2, 0.25) is 0 Å². The van der Waals surface area contributed by atoms with Crippen molar-refractivity contribution in [3.05, 3.63) is 65.5 Å². The van der Waals surface area contributed by atoms with Gasteiger partial charge in [-0.15, -0.1) is 0 Å². The number of hydrogen-bond acceptors (Lipinski definition) is 4. The van der Waals surface area contributed by atoms with Crippen molar-refractivity contribution in [3.63, 3.8) is 0 Å². The van der Waals surface area contributed by atoms with E-state index in [4.69, 9.17) is 4.74 Å². The molecule has 2 aromatic carbocycles. The van der Waals surface area contributed by atoms with Crippen LogP contribution in [0.15, 0.2) is 48.5 Å². The number of nitrogens with zero attached hydrogens (tertiary/aromatic N) is 2. The fourth-order valence-corrected chi connectivity index (χ4v) is 2.81. The van der Waals surface area contributed by atoms with Crippen molar-refractivity contribution < 1.29 is 18.7 Å².